The van der Waals surface area contributed by atoms with E-state index in [1.165, 1.54) is 0 Å². The highest BCUT2D eigenvalue weighted by atomic mass is 16.7. The lowest BCUT2D eigenvalue weighted by Gasteiger charge is -2.12. The molecule has 0 radical (unpaired) electrons. The van der Waals surface area contributed by atoms with Crippen molar-refractivity contribution in [3.05, 3.63) is 65.4 Å². The van der Waals surface area contributed by atoms with E-state index in [1.54, 1.807) is 48.5 Å². The Morgan fingerprint density at radius 1 is 1.11 bits per heavy atom. The van der Waals surface area contributed by atoms with Gasteiger partial charge in [-0.15, -0.1) is 0 Å². The van der Waals surface area contributed by atoms with Crippen molar-refractivity contribution in [3.8, 4) is 11.5 Å². The highest BCUT2D eigenvalue weighted by Gasteiger charge is 2.18. The normalized spacial score (nSPS) is 12.8. The Bertz CT molecular complexity index is 858. The van der Waals surface area contributed by atoms with E-state index in [0.29, 0.717) is 22.6 Å². The van der Waals surface area contributed by atoms with Gasteiger partial charge in [-0.1, -0.05) is 38.1 Å². The summed E-state index contributed by atoms with van der Waals surface area (Å²) < 4.78 is 15.9. The first-order valence-electron chi connectivity index (χ1n) is 8.68. The highest BCUT2D eigenvalue weighted by molar-refractivity contribution is 6.03. The third kappa shape index (κ3) is 4.88. The molecule has 6 heteroatoms. The van der Waals surface area contributed by atoms with Crippen molar-refractivity contribution < 1.29 is 23.8 Å². The van der Waals surface area contributed by atoms with Crippen molar-refractivity contribution in [3.63, 3.8) is 0 Å². The van der Waals surface area contributed by atoms with Crippen LogP contribution in [0, 0.1) is 5.92 Å². The molecule has 1 aliphatic rings. The molecule has 0 fully saturated rings. The van der Waals surface area contributed by atoms with E-state index in [2.05, 4.69) is 5.32 Å². The van der Waals surface area contributed by atoms with Crippen LogP contribution in [-0.2, 0) is 9.53 Å². The lowest BCUT2D eigenvalue weighted by atomic mass is 10.1. The summed E-state index contributed by atoms with van der Waals surface area (Å²) in [5, 5.41) is 2.65. The van der Waals surface area contributed by atoms with Crippen LogP contribution in [0.2, 0.25) is 0 Å². The molecule has 1 amide bonds. The minimum absolute atomic E-state index is 0.0587. The average molecular weight is 367 g/mol. The molecule has 3 rings (SSSR count). The molecule has 27 heavy (non-hydrogen) atoms. The molecule has 0 saturated carbocycles. The van der Waals surface area contributed by atoms with Gasteiger partial charge in [0.15, 0.2) is 11.5 Å². The number of benzene rings is 2. The largest absolute Gasteiger partial charge is 0.461 e. The number of hydrogen-bond donors (Lipinski definition) is 1. The molecule has 0 unspecified atom stereocenters. The second kappa shape index (κ2) is 8.40. The molecule has 2 aromatic carbocycles. The number of esters is 1. The maximum absolute atomic E-state index is 12.5. The maximum Gasteiger partial charge on any atom is 0.354 e. The molecule has 0 aromatic heterocycles. The number of nitrogens with one attached hydrogen (secondary N) is 1. The van der Waals surface area contributed by atoms with Crippen LogP contribution in [0.4, 0.5) is 0 Å². The fourth-order valence-electron chi connectivity index (χ4n) is 2.42. The highest BCUT2D eigenvalue weighted by Crippen LogP contribution is 2.33. The molecule has 0 aliphatic carbocycles. The van der Waals surface area contributed by atoms with Gasteiger partial charge in [0.05, 0.1) is 6.61 Å². The zero-order chi connectivity index (χ0) is 19.2. The summed E-state index contributed by atoms with van der Waals surface area (Å²) in [5.41, 5.74) is 1.19. The number of amides is 1. The second-order valence-corrected chi connectivity index (χ2v) is 6.48. The lowest BCUT2D eigenvalue weighted by Crippen LogP contribution is -2.29. The fraction of sp³-hybridized carbons (Fsp3) is 0.238. The van der Waals surface area contributed by atoms with Crippen molar-refractivity contribution in [2.24, 2.45) is 5.92 Å². The first-order chi connectivity index (χ1) is 13.0. The molecular weight excluding hydrogens is 346 g/mol. The van der Waals surface area contributed by atoms with Crippen molar-refractivity contribution >= 4 is 18.0 Å². The minimum atomic E-state index is -0.592. The zero-order valence-electron chi connectivity index (χ0n) is 15.2. The molecule has 1 aliphatic heterocycles. The Balaban J connectivity index is 1.84. The standard InChI is InChI=1S/C21H21NO5/c1-14(2)12-25-21(24)17(22-20(23)16-6-4-3-5-7-16)10-15-8-9-18-19(11-15)27-13-26-18/h3-11,14H,12-13H2,1-2H3,(H,22,23). The third-order valence-electron chi connectivity index (χ3n) is 3.76. The first-order valence-corrected chi connectivity index (χ1v) is 8.68. The van der Waals surface area contributed by atoms with E-state index in [9.17, 15) is 9.59 Å². The number of carbonyl (C=O) groups is 2. The number of fused-ring (bicyclic) bond motifs is 1. The first kappa shape index (κ1) is 18.5. The summed E-state index contributed by atoms with van der Waals surface area (Å²) in [6.45, 7) is 4.31. The quantitative estimate of drug-likeness (QED) is 0.626. The summed E-state index contributed by atoms with van der Waals surface area (Å²) in [7, 11) is 0. The van der Waals surface area contributed by atoms with Gasteiger partial charge in [0.1, 0.15) is 5.70 Å². The third-order valence-corrected chi connectivity index (χ3v) is 3.76. The van der Waals surface area contributed by atoms with E-state index in [1.807, 2.05) is 19.9 Å². The molecule has 6 nitrogen and oxygen atoms in total. The van der Waals surface area contributed by atoms with Gasteiger partial charge in [-0.3, -0.25) is 4.79 Å². The van der Waals surface area contributed by atoms with Gasteiger partial charge in [-0.25, -0.2) is 4.79 Å². The Morgan fingerprint density at radius 3 is 2.59 bits per heavy atom. The monoisotopic (exact) mass is 367 g/mol. The number of hydrogen-bond acceptors (Lipinski definition) is 5. The van der Waals surface area contributed by atoms with Crippen LogP contribution in [-0.4, -0.2) is 25.3 Å². The second-order valence-electron chi connectivity index (χ2n) is 6.48. The summed E-state index contributed by atoms with van der Waals surface area (Å²) in [6.07, 6.45) is 1.56. The predicted molar refractivity (Wildman–Crippen MR) is 100 cm³/mol. The molecule has 0 spiro atoms. The van der Waals surface area contributed by atoms with Gasteiger partial charge in [0.2, 0.25) is 6.79 Å². The van der Waals surface area contributed by atoms with Crippen molar-refractivity contribution in [1.29, 1.82) is 0 Å². The molecule has 2 aromatic rings. The Hall–Kier alpha value is -3.28. The molecule has 1 N–H and O–H groups in total. The van der Waals surface area contributed by atoms with E-state index < -0.39 is 5.97 Å². The smallest absolute Gasteiger partial charge is 0.354 e. The SMILES string of the molecule is CC(C)COC(=O)C(=Cc1ccc2c(c1)OCO2)NC(=O)c1ccccc1. The van der Waals surface area contributed by atoms with E-state index in [-0.39, 0.29) is 30.9 Å². The molecule has 0 bridgehead atoms. The number of rotatable bonds is 6. The maximum atomic E-state index is 12.5. The Labute approximate surface area is 157 Å². The molecule has 0 atom stereocenters. The van der Waals surface area contributed by atoms with Gasteiger partial charge in [0.25, 0.3) is 5.91 Å². The summed E-state index contributed by atoms with van der Waals surface area (Å²) >= 11 is 0. The van der Waals surface area contributed by atoms with Crippen molar-refractivity contribution in [1.82, 2.24) is 5.32 Å². The van der Waals surface area contributed by atoms with Gasteiger partial charge < -0.3 is 19.5 Å². The molecular formula is C21H21NO5. The van der Waals surface area contributed by atoms with E-state index in [4.69, 9.17) is 14.2 Å². The topological polar surface area (TPSA) is 73.9 Å². The van der Waals surface area contributed by atoms with Crippen LogP contribution in [0.25, 0.3) is 6.08 Å². The van der Waals surface area contributed by atoms with Crippen LogP contribution in [0.5, 0.6) is 11.5 Å². The summed E-state index contributed by atoms with van der Waals surface area (Å²) in [6, 6.07) is 14.0. The summed E-state index contributed by atoms with van der Waals surface area (Å²) in [5.74, 6) is 0.442. The van der Waals surface area contributed by atoms with Gasteiger partial charge in [-0.2, -0.15) is 0 Å². The Kier molecular flexibility index (Phi) is 5.76. The van der Waals surface area contributed by atoms with Gasteiger partial charge in [0, 0.05) is 5.56 Å². The zero-order valence-corrected chi connectivity index (χ0v) is 15.2. The Morgan fingerprint density at radius 2 is 1.85 bits per heavy atom. The van der Waals surface area contributed by atoms with Crippen LogP contribution < -0.4 is 14.8 Å². The minimum Gasteiger partial charge on any atom is -0.461 e. The summed E-state index contributed by atoms with van der Waals surface area (Å²) in [4.78, 5) is 25.0. The van der Waals surface area contributed by atoms with Crippen molar-refractivity contribution in [2.45, 2.75) is 13.8 Å². The molecule has 0 saturated heterocycles. The number of ether oxygens (including phenoxy) is 3. The van der Waals surface area contributed by atoms with Crippen LogP contribution in [0.15, 0.2) is 54.2 Å². The van der Waals surface area contributed by atoms with Crippen molar-refractivity contribution in [2.75, 3.05) is 13.4 Å². The molecule has 140 valence electrons. The van der Waals surface area contributed by atoms with Gasteiger partial charge >= 0.3 is 5.97 Å². The van der Waals surface area contributed by atoms with Crippen LogP contribution >= 0.6 is 0 Å². The van der Waals surface area contributed by atoms with Crippen LogP contribution in [0.3, 0.4) is 0 Å². The number of carbonyl (C=O) groups excluding carboxylic acids is 2. The fourth-order valence-corrected chi connectivity index (χ4v) is 2.42. The average Bonchev–Trinajstić information content (AvgIpc) is 3.14. The van der Waals surface area contributed by atoms with Crippen LogP contribution in [0.1, 0.15) is 29.8 Å². The van der Waals surface area contributed by atoms with E-state index >= 15 is 0 Å². The molecule has 1 heterocycles. The lowest BCUT2D eigenvalue weighted by molar-refractivity contribution is -0.140. The van der Waals surface area contributed by atoms with Gasteiger partial charge in [-0.05, 0) is 41.8 Å². The van der Waals surface area contributed by atoms with E-state index in [0.717, 1.165) is 0 Å². The predicted octanol–water partition coefficient (Wildman–Crippen LogP) is 3.39.